The summed E-state index contributed by atoms with van der Waals surface area (Å²) in [7, 11) is 0. The Morgan fingerprint density at radius 1 is 0.484 bits per heavy atom. The topological polar surface area (TPSA) is 178 Å². The number of nitrogens with two attached hydrogens (primary N) is 1. The Morgan fingerprint density at radius 2 is 0.891 bits per heavy atom. The van der Waals surface area contributed by atoms with Crippen molar-refractivity contribution in [3.63, 3.8) is 0 Å². The van der Waals surface area contributed by atoms with Gasteiger partial charge in [0.05, 0.1) is 103 Å². The molecule has 14 nitrogen and oxygen atoms in total. The van der Waals surface area contributed by atoms with E-state index in [4.69, 9.17) is 50.6 Å². The molecule has 2 aliphatic heterocycles. The number of hydrazine groups is 1. The molecule has 7 aromatic heterocycles. The van der Waals surface area contributed by atoms with E-state index in [0.717, 1.165) is 168 Å². The third kappa shape index (κ3) is 6.41. The van der Waals surface area contributed by atoms with Gasteiger partial charge in [0.15, 0.2) is 5.78 Å². The minimum atomic E-state index is 0.0496. The van der Waals surface area contributed by atoms with Gasteiger partial charge in [0.2, 0.25) is 0 Å². The number of aryl methyl sites for hydroxylation is 4. The van der Waals surface area contributed by atoms with Gasteiger partial charge in [-0.05, 0) is 125 Å². The third-order valence-electron chi connectivity index (χ3n) is 13.5. The quantitative estimate of drug-likeness (QED) is 0.130. The Hall–Kier alpha value is -6.74. The molecule has 4 aliphatic rings. The van der Waals surface area contributed by atoms with Crippen LogP contribution in [0.4, 0.5) is 5.82 Å². The number of aromatic nitrogens is 9. The molecular weight excluding hydrogens is 799 g/mol. The molecule has 0 saturated heterocycles. The van der Waals surface area contributed by atoms with Gasteiger partial charge in [0, 0.05) is 53.2 Å². The molecule has 3 N–H and O–H groups in total. The average molecular weight is 844 g/mol. The first-order valence-corrected chi connectivity index (χ1v) is 22.8. The zero-order chi connectivity index (χ0) is 42.5. The van der Waals surface area contributed by atoms with Crippen LogP contribution in [0.1, 0.15) is 100 Å². The van der Waals surface area contributed by atoms with Crippen molar-refractivity contribution in [3.8, 4) is 0 Å². The number of anilines is 1. The third-order valence-corrected chi connectivity index (χ3v) is 13.5. The zero-order valence-electron chi connectivity index (χ0n) is 35.5. The first kappa shape index (κ1) is 37.8. The maximum atomic E-state index is 13.8. The van der Waals surface area contributed by atoms with Gasteiger partial charge in [0.25, 0.3) is 0 Å². The average Bonchev–Trinajstić information content (AvgIpc) is 3.32. The van der Waals surface area contributed by atoms with Crippen LogP contribution in [0.15, 0.2) is 60.7 Å². The normalized spacial score (nSPS) is 18.3. The maximum Gasteiger partial charge on any atom is 0.163 e. The van der Waals surface area contributed by atoms with Gasteiger partial charge in [-0.2, -0.15) is 0 Å². The van der Waals surface area contributed by atoms with E-state index in [2.05, 4.69) is 57.8 Å². The molecule has 0 spiro atoms. The fraction of sp³-hybridized carbons (Fsp3) is 0.320. The summed E-state index contributed by atoms with van der Waals surface area (Å²) in [5, 5.41) is 5.83. The molecule has 0 radical (unpaired) electrons. The van der Waals surface area contributed by atoms with Gasteiger partial charge >= 0.3 is 0 Å². The minimum absolute atomic E-state index is 0.0496. The van der Waals surface area contributed by atoms with Gasteiger partial charge in [-0.3, -0.25) is 14.7 Å². The maximum absolute atomic E-state index is 13.8. The second-order valence-electron chi connectivity index (χ2n) is 18.0. The number of pyridine rings is 5. The predicted octanol–water partition coefficient (Wildman–Crippen LogP) is 7.70. The van der Waals surface area contributed by atoms with Gasteiger partial charge in [-0.25, -0.2) is 44.9 Å². The highest BCUT2D eigenvalue weighted by Gasteiger charge is 2.25. The van der Waals surface area contributed by atoms with E-state index in [0.29, 0.717) is 63.5 Å². The van der Waals surface area contributed by atoms with E-state index < -0.39 is 0 Å². The number of nitrogens with one attached hydrogen (secondary N) is 1. The fourth-order valence-electron chi connectivity index (χ4n) is 10.4. The second kappa shape index (κ2) is 14.9. The largest absolute Gasteiger partial charge is 0.330 e. The summed E-state index contributed by atoms with van der Waals surface area (Å²) in [6, 6.07) is 20.7. The van der Waals surface area contributed by atoms with Gasteiger partial charge in [-0.1, -0.05) is 0 Å². The Morgan fingerprint density at radius 3 is 1.39 bits per heavy atom. The van der Waals surface area contributed by atoms with E-state index in [1.807, 2.05) is 18.2 Å². The van der Waals surface area contributed by atoms with Crippen LogP contribution in [0.25, 0.3) is 65.7 Å². The SMILES string of the molecule is NCCCC(=O)c1cc2nc(c1)CN1Cc3ccc4c(n3)c3nc(ccc3c3nc5c(nc43)CCCC5)CN(C2)Cc2ccc3c(n2)c2nc(ccc2c2nc4c(nc32)CCCC4)N1. The number of ketones is 1. The lowest BCUT2D eigenvalue weighted by Crippen LogP contribution is -2.30. The van der Waals surface area contributed by atoms with Crippen molar-refractivity contribution >= 4 is 77.3 Å². The lowest BCUT2D eigenvalue weighted by molar-refractivity contribution is 0.0980. The molecule has 2 atom stereocenters. The molecule has 2 aliphatic carbocycles. The van der Waals surface area contributed by atoms with Crippen molar-refractivity contribution in [2.45, 2.75) is 96.9 Å². The van der Waals surface area contributed by atoms with Crippen LogP contribution in [-0.4, -0.2) is 67.1 Å². The molecule has 12 bridgehead atoms. The summed E-state index contributed by atoms with van der Waals surface area (Å²) in [5.41, 5.74) is 25.3. The van der Waals surface area contributed by atoms with Crippen molar-refractivity contribution in [1.82, 2.24) is 54.8 Å². The molecule has 0 saturated carbocycles. The van der Waals surface area contributed by atoms with Crippen LogP contribution in [0.2, 0.25) is 0 Å². The molecule has 9 heterocycles. The monoisotopic (exact) mass is 843 g/mol. The molecule has 2 unspecified atom stereocenters. The van der Waals surface area contributed by atoms with Crippen molar-refractivity contribution in [2.24, 2.45) is 5.73 Å². The molecule has 316 valence electrons. The Balaban J connectivity index is 1.05. The molecular formula is C50H45N13O. The molecule has 14 heteroatoms. The minimum Gasteiger partial charge on any atom is -0.330 e. The number of fused-ring (bicyclic) bond motifs is 14. The van der Waals surface area contributed by atoms with Crippen LogP contribution in [0.3, 0.4) is 0 Å². The first-order valence-electron chi connectivity index (χ1n) is 22.8. The molecule has 2 aromatic carbocycles. The lowest BCUT2D eigenvalue weighted by Gasteiger charge is -2.24. The second-order valence-corrected chi connectivity index (χ2v) is 18.0. The van der Waals surface area contributed by atoms with Crippen molar-refractivity contribution < 1.29 is 4.79 Å². The van der Waals surface area contributed by atoms with E-state index >= 15 is 0 Å². The number of benzene rings is 2. The molecule has 9 aromatic rings. The number of hydrogen-bond donors (Lipinski definition) is 2. The summed E-state index contributed by atoms with van der Waals surface area (Å²) < 4.78 is 0. The van der Waals surface area contributed by atoms with Crippen molar-refractivity contribution in [3.05, 3.63) is 117 Å². The first-order chi connectivity index (χ1) is 31.5. The highest BCUT2D eigenvalue weighted by atomic mass is 16.1. The van der Waals surface area contributed by atoms with Gasteiger partial charge in [-0.15, -0.1) is 0 Å². The standard InChI is InChI=1S/C50H45N13O/c51-19-5-10-41(64)27-20-31-24-62-22-28-11-14-33-43(53-28)44-34(47-46(33)56-37-6-1-2-7-38(37)57-47)16-13-30(55-44)25-63(26-32(21-27)52-31)61-42-18-17-36-49-48(58-39-8-3-4-9-40(39)59-49)35-15-12-29(23-62)54-45(35)50(36)60-42/h11-18,20-21H,1-10,19,22-26,51H2,(H,60,61). The van der Waals surface area contributed by atoms with E-state index in [1.54, 1.807) is 0 Å². The predicted molar refractivity (Wildman–Crippen MR) is 246 cm³/mol. The Labute approximate surface area is 367 Å². The fourth-order valence-corrected chi connectivity index (χ4v) is 10.4. The number of carbonyl (C=O) groups excluding carboxylic acids is 1. The Bertz CT molecular complexity index is 3060. The molecule has 64 heavy (non-hydrogen) atoms. The highest BCUT2D eigenvalue weighted by Crippen LogP contribution is 2.37. The molecule has 0 fully saturated rings. The Kier molecular flexibility index (Phi) is 8.82. The van der Waals surface area contributed by atoms with Gasteiger partial charge < -0.3 is 11.2 Å². The van der Waals surface area contributed by atoms with E-state index in [-0.39, 0.29) is 5.78 Å². The number of nitrogens with zero attached hydrogens (tertiary/aromatic N) is 11. The van der Waals surface area contributed by atoms with Crippen LogP contribution in [0, 0.1) is 0 Å². The molecule has 0 amide bonds. The summed E-state index contributed by atoms with van der Waals surface area (Å²) >= 11 is 0. The van der Waals surface area contributed by atoms with Crippen LogP contribution >= 0.6 is 0 Å². The van der Waals surface area contributed by atoms with Crippen molar-refractivity contribution in [2.75, 3.05) is 12.0 Å². The number of carbonyl (C=O) groups is 1. The summed E-state index contributed by atoms with van der Waals surface area (Å²) in [5.74, 6) is 0.691. The summed E-state index contributed by atoms with van der Waals surface area (Å²) in [6.07, 6.45) is 9.19. The number of Topliss-reactive ketones (excluding diaryl/α,β-unsaturated/α-hetero) is 1. The summed E-state index contributed by atoms with van der Waals surface area (Å²) in [6.45, 7) is 2.61. The van der Waals surface area contributed by atoms with E-state index in [9.17, 15) is 4.79 Å². The summed E-state index contributed by atoms with van der Waals surface area (Å²) in [4.78, 5) is 64.2. The van der Waals surface area contributed by atoms with Crippen molar-refractivity contribution in [1.29, 1.82) is 0 Å². The smallest absolute Gasteiger partial charge is 0.163 e. The lowest BCUT2D eigenvalue weighted by atomic mass is 9.99. The van der Waals surface area contributed by atoms with Crippen LogP contribution < -0.4 is 11.2 Å². The van der Waals surface area contributed by atoms with E-state index in [1.165, 1.54) is 0 Å². The van der Waals surface area contributed by atoms with Gasteiger partial charge in [0.1, 0.15) is 11.3 Å². The van der Waals surface area contributed by atoms with Crippen LogP contribution in [-0.2, 0) is 58.4 Å². The van der Waals surface area contributed by atoms with Crippen LogP contribution in [0.5, 0.6) is 0 Å². The zero-order valence-corrected chi connectivity index (χ0v) is 35.5. The number of hydrogen-bond acceptors (Lipinski definition) is 14. The molecule has 13 rings (SSSR count). The number of rotatable bonds is 4. The highest BCUT2D eigenvalue weighted by molar-refractivity contribution is 6.21.